The molecule has 8 nitrogen and oxygen atoms in total. The van der Waals surface area contributed by atoms with Crippen molar-refractivity contribution >= 4 is 29.0 Å². The van der Waals surface area contributed by atoms with Gasteiger partial charge in [-0.05, 0) is 44.0 Å². The Morgan fingerprint density at radius 3 is 2.83 bits per heavy atom. The van der Waals surface area contributed by atoms with E-state index in [0.29, 0.717) is 54.9 Å². The highest BCUT2D eigenvalue weighted by atomic mass is 35.5. The third kappa shape index (κ3) is 6.40. The Hall–Kier alpha value is -2.71. The van der Waals surface area contributed by atoms with Crippen LogP contribution in [-0.4, -0.2) is 45.0 Å². The maximum absolute atomic E-state index is 12.1. The van der Waals surface area contributed by atoms with E-state index in [1.54, 1.807) is 4.52 Å². The second-order valence-corrected chi connectivity index (χ2v) is 7.58. The van der Waals surface area contributed by atoms with E-state index >= 15 is 0 Å². The number of benzene rings is 1. The number of nitrogens with one attached hydrogen (secondary N) is 2. The summed E-state index contributed by atoms with van der Waals surface area (Å²) in [4.78, 5) is 12.1. The Bertz CT molecular complexity index is 975. The van der Waals surface area contributed by atoms with Crippen molar-refractivity contribution in [2.45, 2.75) is 45.8 Å². The van der Waals surface area contributed by atoms with Crippen LogP contribution in [0.4, 0.5) is 5.82 Å². The number of aryl methyl sites for hydroxylation is 1. The Balaban J connectivity index is 1.52. The average molecular weight is 431 g/mol. The molecule has 0 radical (unpaired) electrons. The van der Waals surface area contributed by atoms with Crippen molar-refractivity contribution in [1.82, 2.24) is 25.1 Å². The fraction of sp³-hybridized carbons (Fsp3) is 0.429. The molecule has 0 bridgehead atoms. The minimum Gasteiger partial charge on any atom is -0.379 e. The van der Waals surface area contributed by atoms with E-state index in [1.807, 2.05) is 50.2 Å². The van der Waals surface area contributed by atoms with E-state index in [1.165, 1.54) is 0 Å². The molecule has 9 heteroatoms. The summed E-state index contributed by atoms with van der Waals surface area (Å²) in [6.45, 7) is 5.78. The van der Waals surface area contributed by atoms with Gasteiger partial charge in [0.1, 0.15) is 5.82 Å². The van der Waals surface area contributed by atoms with Gasteiger partial charge in [0.15, 0.2) is 11.5 Å². The minimum absolute atomic E-state index is 0.0238. The summed E-state index contributed by atoms with van der Waals surface area (Å²) < 4.78 is 7.13. The first kappa shape index (κ1) is 22.0. The van der Waals surface area contributed by atoms with Gasteiger partial charge < -0.3 is 15.4 Å². The largest absolute Gasteiger partial charge is 0.379 e. The van der Waals surface area contributed by atoms with E-state index in [-0.39, 0.29) is 12.0 Å². The maximum atomic E-state index is 12.1. The van der Waals surface area contributed by atoms with E-state index < -0.39 is 0 Å². The van der Waals surface area contributed by atoms with Crippen LogP contribution in [0.25, 0.3) is 5.65 Å². The van der Waals surface area contributed by atoms with E-state index in [0.717, 1.165) is 12.0 Å². The van der Waals surface area contributed by atoms with Crippen LogP contribution in [0, 0.1) is 0 Å². The first-order valence-corrected chi connectivity index (χ1v) is 10.5. The highest BCUT2D eigenvalue weighted by Gasteiger charge is 2.10. The van der Waals surface area contributed by atoms with Gasteiger partial charge >= 0.3 is 0 Å². The number of hydrogen-bond acceptors (Lipinski definition) is 6. The maximum Gasteiger partial charge on any atom is 0.220 e. The van der Waals surface area contributed by atoms with Crippen LogP contribution in [0.3, 0.4) is 0 Å². The predicted molar refractivity (Wildman–Crippen MR) is 117 cm³/mol. The lowest BCUT2D eigenvalue weighted by molar-refractivity contribution is -0.121. The number of amides is 1. The van der Waals surface area contributed by atoms with Gasteiger partial charge in [-0.15, -0.1) is 15.3 Å². The van der Waals surface area contributed by atoms with Crippen molar-refractivity contribution in [3.05, 3.63) is 52.8 Å². The fourth-order valence-electron chi connectivity index (χ4n) is 2.84. The fourth-order valence-corrected chi connectivity index (χ4v) is 3.05. The molecule has 2 aromatic heterocycles. The molecule has 30 heavy (non-hydrogen) atoms. The van der Waals surface area contributed by atoms with Crippen molar-refractivity contribution in [3.63, 3.8) is 0 Å². The van der Waals surface area contributed by atoms with Gasteiger partial charge in [0.25, 0.3) is 0 Å². The van der Waals surface area contributed by atoms with Crippen LogP contribution in [0.1, 0.15) is 38.1 Å². The van der Waals surface area contributed by atoms with Crippen LogP contribution >= 0.6 is 11.6 Å². The molecule has 0 saturated carbocycles. The van der Waals surface area contributed by atoms with Gasteiger partial charge in [0.2, 0.25) is 5.91 Å². The molecule has 0 spiro atoms. The molecule has 0 aliphatic carbocycles. The van der Waals surface area contributed by atoms with E-state index in [4.69, 9.17) is 16.3 Å². The number of halogens is 1. The number of ether oxygens (including phenoxy) is 1. The monoisotopic (exact) mass is 430 g/mol. The van der Waals surface area contributed by atoms with Gasteiger partial charge in [-0.25, -0.2) is 0 Å². The number of fused-ring (bicyclic) bond motifs is 1. The van der Waals surface area contributed by atoms with E-state index in [2.05, 4.69) is 25.9 Å². The number of carbonyl (C=O) groups is 1. The first-order valence-electron chi connectivity index (χ1n) is 10.1. The van der Waals surface area contributed by atoms with Gasteiger partial charge in [0.05, 0.1) is 6.10 Å². The number of carbonyl (C=O) groups excluding carboxylic acids is 1. The SMILES string of the molecule is CC(C)OCCCNC(=O)CCc1nnc2ccc(NCc3ccccc3Cl)nn12. The molecule has 3 aromatic rings. The smallest absolute Gasteiger partial charge is 0.220 e. The number of rotatable bonds is 11. The van der Waals surface area contributed by atoms with Crippen molar-refractivity contribution in [3.8, 4) is 0 Å². The number of nitrogens with zero attached hydrogens (tertiary/aromatic N) is 4. The average Bonchev–Trinajstić information content (AvgIpc) is 3.13. The van der Waals surface area contributed by atoms with Gasteiger partial charge in [-0.3, -0.25) is 4.79 Å². The van der Waals surface area contributed by atoms with Crippen LogP contribution in [0.15, 0.2) is 36.4 Å². The van der Waals surface area contributed by atoms with Gasteiger partial charge in [-0.1, -0.05) is 29.8 Å². The lowest BCUT2D eigenvalue weighted by Gasteiger charge is -2.08. The summed E-state index contributed by atoms with van der Waals surface area (Å²) in [5.41, 5.74) is 1.63. The molecular weight excluding hydrogens is 404 g/mol. The number of aromatic nitrogens is 4. The zero-order valence-electron chi connectivity index (χ0n) is 17.3. The molecule has 0 aliphatic rings. The Kier molecular flexibility index (Phi) is 7.98. The third-order valence-electron chi connectivity index (χ3n) is 4.42. The number of anilines is 1. The highest BCUT2D eigenvalue weighted by molar-refractivity contribution is 6.31. The lowest BCUT2D eigenvalue weighted by Crippen LogP contribution is -2.26. The molecule has 2 heterocycles. The molecule has 1 amide bonds. The van der Waals surface area contributed by atoms with Crippen molar-refractivity contribution in [2.24, 2.45) is 0 Å². The molecule has 0 atom stereocenters. The first-order chi connectivity index (χ1) is 14.5. The molecule has 1 aromatic carbocycles. The molecule has 3 rings (SSSR count). The highest BCUT2D eigenvalue weighted by Crippen LogP contribution is 2.16. The Morgan fingerprint density at radius 1 is 1.20 bits per heavy atom. The molecule has 0 aliphatic heterocycles. The topological polar surface area (TPSA) is 93.4 Å². The summed E-state index contributed by atoms with van der Waals surface area (Å²) in [7, 11) is 0. The predicted octanol–water partition coefficient (Wildman–Crippen LogP) is 3.25. The summed E-state index contributed by atoms with van der Waals surface area (Å²) >= 11 is 6.20. The zero-order valence-corrected chi connectivity index (χ0v) is 18.0. The molecule has 160 valence electrons. The molecule has 0 unspecified atom stereocenters. The van der Waals surface area contributed by atoms with Crippen LogP contribution in [-0.2, 0) is 22.5 Å². The zero-order chi connectivity index (χ0) is 21.3. The molecule has 0 fully saturated rings. The quantitative estimate of drug-likeness (QED) is 0.453. The van der Waals surface area contributed by atoms with Crippen molar-refractivity contribution in [1.29, 1.82) is 0 Å². The summed E-state index contributed by atoms with van der Waals surface area (Å²) in [6.07, 6.45) is 1.78. The summed E-state index contributed by atoms with van der Waals surface area (Å²) in [6, 6.07) is 11.3. The summed E-state index contributed by atoms with van der Waals surface area (Å²) in [5, 5.41) is 19.7. The van der Waals surface area contributed by atoms with Gasteiger partial charge in [0, 0.05) is 37.6 Å². The Labute approximate surface area is 181 Å². The number of hydrogen-bond donors (Lipinski definition) is 2. The standard InChI is InChI=1S/C21H27ClN6O2/c1-15(2)30-13-5-12-23-21(29)11-10-20-26-25-19-9-8-18(27-28(19)20)24-14-16-6-3-4-7-17(16)22/h3-4,6-9,15H,5,10-14H2,1-2H3,(H,23,29)(H,24,27). The van der Waals surface area contributed by atoms with Crippen molar-refractivity contribution < 1.29 is 9.53 Å². The molecular formula is C21H27ClN6O2. The van der Waals surface area contributed by atoms with Crippen LogP contribution < -0.4 is 10.6 Å². The second kappa shape index (κ2) is 10.9. The minimum atomic E-state index is -0.0238. The van der Waals surface area contributed by atoms with Gasteiger partial charge in [-0.2, -0.15) is 4.52 Å². The third-order valence-corrected chi connectivity index (χ3v) is 4.78. The van der Waals surface area contributed by atoms with Crippen molar-refractivity contribution in [2.75, 3.05) is 18.5 Å². The second-order valence-electron chi connectivity index (χ2n) is 7.17. The summed E-state index contributed by atoms with van der Waals surface area (Å²) in [5.74, 6) is 1.30. The van der Waals surface area contributed by atoms with E-state index in [9.17, 15) is 4.79 Å². The Morgan fingerprint density at radius 2 is 2.03 bits per heavy atom. The normalized spacial score (nSPS) is 11.2. The van der Waals surface area contributed by atoms with Crippen LogP contribution in [0.2, 0.25) is 5.02 Å². The lowest BCUT2D eigenvalue weighted by atomic mass is 10.2. The molecule has 0 saturated heterocycles. The van der Waals surface area contributed by atoms with Crippen LogP contribution in [0.5, 0.6) is 0 Å². The molecule has 2 N–H and O–H groups in total.